The number of hydrogen-bond acceptors (Lipinski definition) is 3. The van der Waals surface area contributed by atoms with E-state index in [9.17, 15) is 0 Å². The van der Waals surface area contributed by atoms with Crippen LogP contribution in [-0.4, -0.2) is 5.54 Å². The van der Waals surface area contributed by atoms with Crippen molar-refractivity contribution < 1.29 is 0 Å². The maximum absolute atomic E-state index is 8.96. The van der Waals surface area contributed by atoms with Crippen LogP contribution in [0.3, 0.4) is 0 Å². The number of nitriles is 1. The molecule has 0 amide bonds. The van der Waals surface area contributed by atoms with Gasteiger partial charge in [0.05, 0.1) is 6.07 Å². The van der Waals surface area contributed by atoms with E-state index in [0.717, 1.165) is 4.88 Å². The van der Waals surface area contributed by atoms with Crippen molar-refractivity contribution in [3.63, 3.8) is 0 Å². The van der Waals surface area contributed by atoms with Crippen molar-refractivity contribution >= 4 is 11.3 Å². The van der Waals surface area contributed by atoms with Crippen LogP contribution < -0.4 is 5.32 Å². The Morgan fingerprint density at radius 1 is 1.54 bits per heavy atom. The van der Waals surface area contributed by atoms with Gasteiger partial charge in [0.15, 0.2) is 0 Å². The third kappa shape index (κ3) is 3.17. The summed E-state index contributed by atoms with van der Waals surface area (Å²) in [4.78, 5) is 1.08. The zero-order valence-corrected chi connectivity index (χ0v) is 8.98. The number of rotatable bonds is 2. The van der Waals surface area contributed by atoms with E-state index in [2.05, 4.69) is 32.2 Å². The van der Waals surface area contributed by atoms with Gasteiger partial charge in [0.25, 0.3) is 0 Å². The van der Waals surface area contributed by atoms with E-state index >= 15 is 0 Å². The molecule has 0 spiro atoms. The Hall–Kier alpha value is -0.850. The summed E-state index contributed by atoms with van der Waals surface area (Å²) in [5.41, 5.74) is -0.0234. The van der Waals surface area contributed by atoms with Crippen LogP contribution in [0.2, 0.25) is 0 Å². The van der Waals surface area contributed by atoms with Crippen LogP contribution in [0.1, 0.15) is 31.7 Å². The molecule has 0 radical (unpaired) electrons. The van der Waals surface area contributed by atoms with Gasteiger partial charge in [-0.3, -0.25) is 5.32 Å². The van der Waals surface area contributed by atoms with E-state index in [1.807, 2.05) is 17.5 Å². The summed E-state index contributed by atoms with van der Waals surface area (Å²) >= 11 is 1.61. The minimum absolute atomic E-state index is 0.0234. The lowest BCUT2D eigenvalue weighted by atomic mass is 10.1. The smallest absolute Gasteiger partial charge is 0.130 e. The van der Waals surface area contributed by atoms with E-state index in [4.69, 9.17) is 5.26 Å². The fourth-order valence-corrected chi connectivity index (χ4v) is 1.77. The molecule has 0 bridgehead atoms. The molecule has 70 valence electrons. The molecule has 0 aliphatic rings. The number of hydrogen-bond donors (Lipinski definition) is 1. The molecule has 3 heteroatoms. The second-order valence-electron chi connectivity index (χ2n) is 3.97. The molecule has 0 saturated heterocycles. The standard InChI is InChI=1S/C10H14N2S/c1-10(2,3)12-8(7-11)9-5-4-6-13-9/h4-6,8,12H,1-3H3. The number of thiophene rings is 1. The van der Waals surface area contributed by atoms with Crippen LogP contribution in [0.25, 0.3) is 0 Å². The zero-order chi connectivity index (χ0) is 9.90. The minimum atomic E-state index is -0.181. The monoisotopic (exact) mass is 194 g/mol. The Morgan fingerprint density at radius 3 is 2.62 bits per heavy atom. The van der Waals surface area contributed by atoms with Crippen molar-refractivity contribution in [2.24, 2.45) is 0 Å². The van der Waals surface area contributed by atoms with E-state index < -0.39 is 0 Å². The Balaban J connectivity index is 2.72. The summed E-state index contributed by atoms with van der Waals surface area (Å²) in [5.74, 6) is 0. The molecule has 0 aromatic carbocycles. The fourth-order valence-electron chi connectivity index (χ4n) is 1.06. The normalized spacial score (nSPS) is 13.7. The molecule has 13 heavy (non-hydrogen) atoms. The first-order chi connectivity index (χ1) is 6.03. The molecule has 1 atom stereocenters. The first-order valence-electron chi connectivity index (χ1n) is 4.23. The molecular weight excluding hydrogens is 180 g/mol. The highest BCUT2D eigenvalue weighted by molar-refractivity contribution is 7.10. The van der Waals surface area contributed by atoms with Gasteiger partial charge in [0.1, 0.15) is 6.04 Å². The molecule has 1 N–H and O–H groups in total. The van der Waals surface area contributed by atoms with Gasteiger partial charge in [-0.05, 0) is 32.2 Å². The number of nitrogens with one attached hydrogen (secondary N) is 1. The largest absolute Gasteiger partial charge is 0.293 e. The van der Waals surface area contributed by atoms with Gasteiger partial charge in [-0.15, -0.1) is 11.3 Å². The molecule has 1 heterocycles. The zero-order valence-electron chi connectivity index (χ0n) is 8.16. The van der Waals surface area contributed by atoms with Crippen molar-refractivity contribution in [2.75, 3.05) is 0 Å². The van der Waals surface area contributed by atoms with Gasteiger partial charge < -0.3 is 0 Å². The SMILES string of the molecule is CC(C)(C)NC(C#N)c1cccs1. The van der Waals surface area contributed by atoms with Crippen molar-refractivity contribution in [2.45, 2.75) is 32.4 Å². The van der Waals surface area contributed by atoms with Crippen LogP contribution in [-0.2, 0) is 0 Å². The Kier molecular flexibility index (Phi) is 3.07. The predicted molar refractivity (Wildman–Crippen MR) is 55.6 cm³/mol. The Bertz CT molecular complexity index is 290. The second-order valence-corrected chi connectivity index (χ2v) is 4.95. The summed E-state index contributed by atoms with van der Waals surface area (Å²) < 4.78 is 0. The van der Waals surface area contributed by atoms with Crippen LogP contribution >= 0.6 is 11.3 Å². The summed E-state index contributed by atoms with van der Waals surface area (Å²) in [7, 11) is 0. The van der Waals surface area contributed by atoms with Crippen LogP contribution in [0.5, 0.6) is 0 Å². The Morgan fingerprint density at radius 2 is 2.23 bits per heavy atom. The van der Waals surface area contributed by atoms with Crippen molar-refractivity contribution in [1.29, 1.82) is 5.26 Å². The number of nitrogens with zero attached hydrogens (tertiary/aromatic N) is 1. The quantitative estimate of drug-likeness (QED) is 0.785. The van der Waals surface area contributed by atoms with Crippen molar-refractivity contribution in [3.05, 3.63) is 22.4 Å². The predicted octanol–water partition coefficient (Wildman–Crippen LogP) is 2.70. The highest BCUT2D eigenvalue weighted by Gasteiger charge is 2.18. The fraction of sp³-hybridized carbons (Fsp3) is 0.500. The lowest BCUT2D eigenvalue weighted by Crippen LogP contribution is -2.37. The highest BCUT2D eigenvalue weighted by Crippen LogP contribution is 2.20. The third-order valence-corrected chi connectivity index (χ3v) is 2.47. The highest BCUT2D eigenvalue weighted by atomic mass is 32.1. The summed E-state index contributed by atoms with van der Waals surface area (Å²) in [6, 6.07) is 6.03. The maximum atomic E-state index is 8.96. The van der Waals surface area contributed by atoms with E-state index in [1.54, 1.807) is 11.3 Å². The first kappa shape index (κ1) is 10.2. The van der Waals surface area contributed by atoms with E-state index in [1.165, 1.54) is 0 Å². The maximum Gasteiger partial charge on any atom is 0.130 e. The second kappa shape index (κ2) is 3.91. The summed E-state index contributed by atoms with van der Waals surface area (Å²) in [5, 5.41) is 14.2. The average molecular weight is 194 g/mol. The van der Waals surface area contributed by atoms with Gasteiger partial charge in [-0.25, -0.2) is 0 Å². The molecule has 0 aliphatic heterocycles. The molecule has 1 unspecified atom stereocenters. The van der Waals surface area contributed by atoms with Crippen molar-refractivity contribution in [3.8, 4) is 6.07 Å². The lowest BCUT2D eigenvalue weighted by Gasteiger charge is -2.23. The molecular formula is C10H14N2S. The molecule has 0 fully saturated rings. The summed E-state index contributed by atoms with van der Waals surface area (Å²) in [6.45, 7) is 6.18. The molecule has 1 aromatic heterocycles. The van der Waals surface area contributed by atoms with Gasteiger partial charge in [0, 0.05) is 10.4 Å². The Labute approximate surface area is 83.2 Å². The van der Waals surface area contributed by atoms with Crippen LogP contribution in [0.4, 0.5) is 0 Å². The average Bonchev–Trinajstić information content (AvgIpc) is 2.50. The molecule has 1 aromatic rings. The first-order valence-corrected chi connectivity index (χ1v) is 5.11. The molecule has 2 nitrogen and oxygen atoms in total. The van der Waals surface area contributed by atoms with Crippen molar-refractivity contribution in [1.82, 2.24) is 5.32 Å². The topological polar surface area (TPSA) is 35.8 Å². The molecule has 1 rings (SSSR count). The van der Waals surface area contributed by atoms with Gasteiger partial charge in [-0.2, -0.15) is 5.26 Å². The van der Waals surface area contributed by atoms with E-state index in [0.29, 0.717) is 0 Å². The van der Waals surface area contributed by atoms with Gasteiger partial charge >= 0.3 is 0 Å². The summed E-state index contributed by atoms with van der Waals surface area (Å²) in [6.07, 6.45) is 0. The third-order valence-electron chi connectivity index (χ3n) is 1.53. The molecule has 0 aliphatic carbocycles. The van der Waals surface area contributed by atoms with Crippen LogP contribution in [0.15, 0.2) is 17.5 Å². The lowest BCUT2D eigenvalue weighted by molar-refractivity contribution is 0.403. The van der Waals surface area contributed by atoms with E-state index in [-0.39, 0.29) is 11.6 Å². The van der Waals surface area contributed by atoms with Gasteiger partial charge in [-0.1, -0.05) is 6.07 Å². The molecule has 0 saturated carbocycles. The minimum Gasteiger partial charge on any atom is -0.293 e. The van der Waals surface area contributed by atoms with Gasteiger partial charge in [0.2, 0.25) is 0 Å². The van der Waals surface area contributed by atoms with Crippen LogP contribution in [0, 0.1) is 11.3 Å².